The molecule has 0 heterocycles. The lowest BCUT2D eigenvalue weighted by atomic mass is 9.99. The SMILES string of the molecule is CC[C@H](C)[C@H](NCC(=O)Nc1ccccc1-c1ccccc1)C(=O)O. The van der Waals surface area contributed by atoms with Crippen LogP contribution in [0.5, 0.6) is 0 Å². The minimum Gasteiger partial charge on any atom is -0.480 e. The van der Waals surface area contributed by atoms with Crippen LogP contribution in [0.1, 0.15) is 20.3 Å². The number of benzene rings is 2. The molecule has 2 rings (SSSR count). The van der Waals surface area contributed by atoms with Crippen LogP contribution < -0.4 is 10.6 Å². The molecule has 0 aliphatic heterocycles. The van der Waals surface area contributed by atoms with Gasteiger partial charge in [-0.25, -0.2) is 0 Å². The van der Waals surface area contributed by atoms with Crippen molar-refractivity contribution < 1.29 is 14.7 Å². The van der Waals surface area contributed by atoms with Crippen molar-refractivity contribution >= 4 is 17.6 Å². The van der Waals surface area contributed by atoms with Crippen LogP contribution in [0.2, 0.25) is 0 Å². The fraction of sp³-hybridized carbons (Fsp3) is 0.300. The van der Waals surface area contributed by atoms with Gasteiger partial charge in [-0.05, 0) is 17.5 Å². The molecule has 132 valence electrons. The van der Waals surface area contributed by atoms with Gasteiger partial charge in [-0.2, -0.15) is 0 Å². The van der Waals surface area contributed by atoms with Crippen LogP contribution in [0, 0.1) is 5.92 Å². The molecule has 2 atom stereocenters. The number of carbonyl (C=O) groups excluding carboxylic acids is 1. The Labute approximate surface area is 148 Å². The van der Waals surface area contributed by atoms with Gasteiger partial charge in [0, 0.05) is 11.3 Å². The number of nitrogens with one attached hydrogen (secondary N) is 2. The highest BCUT2D eigenvalue weighted by atomic mass is 16.4. The second-order valence-corrected chi connectivity index (χ2v) is 6.04. The Morgan fingerprint density at radius 2 is 1.68 bits per heavy atom. The monoisotopic (exact) mass is 340 g/mol. The Kier molecular flexibility index (Phi) is 6.71. The van der Waals surface area contributed by atoms with E-state index < -0.39 is 12.0 Å². The van der Waals surface area contributed by atoms with Crippen molar-refractivity contribution in [2.75, 3.05) is 11.9 Å². The van der Waals surface area contributed by atoms with Crippen molar-refractivity contribution in [1.82, 2.24) is 5.32 Å². The molecule has 0 aliphatic carbocycles. The fourth-order valence-corrected chi connectivity index (χ4v) is 2.63. The molecular weight excluding hydrogens is 316 g/mol. The summed E-state index contributed by atoms with van der Waals surface area (Å²) in [5.41, 5.74) is 2.64. The summed E-state index contributed by atoms with van der Waals surface area (Å²) >= 11 is 0. The van der Waals surface area contributed by atoms with Crippen LogP contribution >= 0.6 is 0 Å². The number of anilines is 1. The van der Waals surface area contributed by atoms with Gasteiger partial charge >= 0.3 is 5.97 Å². The van der Waals surface area contributed by atoms with Gasteiger partial charge in [0.15, 0.2) is 0 Å². The van der Waals surface area contributed by atoms with Crippen LogP contribution in [0.3, 0.4) is 0 Å². The molecule has 0 saturated heterocycles. The van der Waals surface area contributed by atoms with E-state index in [1.807, 2.05) is 68.4 Å². The zero-order chi connectivity index (χ0) is 18.2. The molecule has 2 aromatic rings. The number of aliphatic carboxylic acids is 1. The second-order valence-electron chi connectivity index (χ2n) is 6.04. The number of carboxylic acids is 1. The number of carbonyl (C=O) groups is 2. The molecule has 0 spiro atoms. The Bertz CT molecular complexity index is 716. The number of carboxylic acid groups (broad SMARTS) is 1. The molecule has 0 saturated carbocycles. The Hall–Kier alpha value is -2.66. The van der Waals surface area contributed by atoms with Gasteiger partial charge < -0.3 is 10.4 Å². The normalized spacial score (nSPS) is 13.0. The third kappa shape index (κ3) is 5.16. The molecule has 0 unspecified atom stereocenters. The molecule has 0 fully saturated rings. The highest BCUT2D eigenvalue weighted by molar-refractivity contribution is 5.96. The highest BCUT2D eigenvalue weighted by Gasteiger charge is 2.23. The van der Waals surface area contributed by atoms with Gasteiger partial charge in [0.25, 0.3) is 0 Å². The lowest BCUT2D eigenvalue weighted by molar-refractivity contribution is -0.140. The number of amides is 1. The quantitative estimate of drug-likeness (QED) is 0.688. The van der Waals surface area contributed by atoms with Crippen molar-refractivity contribution in [1.29, 1.82) is 0 Å². The largest absolute Gasteiger partial charge is 0.480 e. The van der Waals surface area contributed by atoms with Crippen molar-refractivity contribution in [3.8, 4) is 11.1 Å². The van der Waals surface area contributed by atoms with E-state index in [9.17, 15) is 14.7 Å². The number of hydrogen-bond donors (Lipinski definition) is 3. The predicted octanol–water partition coefficient (Wildman–Crippen LogP) is 3.38. The zero-order valence-electron chi connectivity index (χ0n) is 14.5. The molecular formula is C20H24N2O3. The van der Waals surface area contributed by atoms with E-state index in [0.717, 1.165) is 17.5 Å². The van der Waals surface area contributed by atoms with Crippen LogP contribution in [0.15, 0.2) is 54.6 Å². The smallest absolute Gasteiger partial charge is 0.320 e. The van der Waals surface area contributed by atoms with Gasteiger partial charge in [-0.3, -0.25) is 14.9 Å². The first-order chi connectivity index (χ1) is 12.0. The van der Waals surface area contributed by atoms with E-state index in [2.05, 4.69) is 10.6 Å². The first kappa shape index (κ1) is 18.7. The van der Waals surface area contributed by atoms with E-state index in [-0.39, 0.29) is 18.4 Å². The summed E-state index contributed by atoms with van der Waals surface area (Å²) in [6, 6.07) is 16.6. The molecule has 5 nitrogen and oxygen atoms in total. The third-order valence-electron chi connectivity index (χ3n) is 4.25. The van der Waals surface area contributed by atoms with E-state index in [1.54, 1.807) is 0 Å². The van der Waals surface area contributed by atoms with Crippen LogP contribution in [0.4, 0.5) is 5.69 Å². The molecule has 0 aliphatic rings. The first-order valence-corrected chi connectivity index (χ1v) is 8.43. The minimum atomic E-state index is -0.938. The van der Waals surface area contributed by atoms with E-state index in [1.165, 1.54) is 0 Å². The van der Waals surface area contributed by atoms with Crippen molar-refractivity contribution in [2.24, 2.45) is 5.92 Å². The molecule has 0 bridgehead atoms. The lowest BCUT2D eigenvalue weighted by Crippen LogP contribution is -2.45. The van der Waals surface area contributed by atoms with Gasteiger partial charge in [0.2, 0.25) is 5.91 Å². The molecule has 0 radical (unpaired) electrons. The highest BCUT2D eigenvalue weighted by Crippen LogP contribution is 2.27. The average Bonchev–Trinajstić information content (AvgIpc) is 2.62. The molecule has 25 heavy (non-hydrogen) atoms. The van der Waals surface area contributed by atoms with E-state index in [4.69, 9.17) is 0 Å². The van der Waals surface area contributed by atoms with Crippen molar-refractivity contribution in [2.45, 2.75) is 26.3 Å². The predicted molar refractivity (Wildman–Crippen MR) is 99.4 cm³/mol. The number of rotatable bonds is 8. The summed E-state index contributed by atoms with van der Waals surface area (Å²) in [6.07, 6.45) is 0.725. The maximum atomic E-state index is 12.3. The summed E-state index contributed by atoms with van der Waals surface area (Å²) in [4.78, 5) is 23.6. The van der Waals surface area contributed by atoms with Crippen molar-refractivity contribution in [3.05, 3.63) is 54.6 Å². The lowest BCUT2D eigenvalue weighted by Gasteiger charge is -2.20. The average molecular weight is 340 g/mol. The molecule has 1 amide bonds. The minimum absolute atomic E-state index is 0.0512. The summed E-state index contributed by atoms with van der Waals surface area (Å²) in [6.45, 7) is 3.73. The summed E-state index contributed by atoms with van der Waals surface area (Å²) < 4.78 is 0. The van der Waals surface area contributed by atoms with Gasteiger partial charge in [-0.15, -0.1) is 0 Å². The summed E-state index contributed by atoms with van der Waals surface area (Å²) in [7, 11) is 0. The Morgan fingerprint density at radius 1 is 1.04 bits per heavy atom. The van der Waals surface area contributed by atoms with E-state index in [0.29, 0.717) is 5.69 Å². The number of para-hydroxylation sites is 1. The van der Waals surface area contributed by atoms with Crippen LogP contribution in [-0.4, -0.2) is 29.6 Å². The molecule has 3 N–H and O–H groups in total. The molecule has 5 heteroatoms. The van der Waals surface area contributed by atoms with Gasteiger partial charge in [0.1, 0.15) is 6.04 Å². The first-order valence-electron chi connectivity index (χ1n) is 8.43. The standard InChI is InChI=1S/C20H24N2O3/c1-3-14(2)19(20(24)25)21-13-18(23)22-17-12-8-7-11-16(17)15-9-5-4-6-10-15/h4-12,14,19,21H,3,13H2,1-2H3,(H,22,23)(H,24,25)/t14-,19-/m0/s1. The molecule has 2 aromatic carbocycles. The van der Waals surface area contributed by atoms with Crippen LogP contribution in [0.25, 0.3) is 11.1 Å². The summed E-state index contributed by atoms with van der Waals surface area (Å²) in [5, 5.41) is 15.0. The maximum absolute atomic E-state index is 12.3. The zero-order valence-corrected chi connectivity index (χ0v) is 14.5. The fourth-order valence-electron chi connectivity index (χ4n) is 2.63. The van der Waals surface area contributed by atoms with Gasteiger partial charge in [-0.1, -0.05) is 68.8 Å². The van der Waals surface area contributed by atoms with E-state index >= 15 is 0 Å². The van der Waals surface area contributed by atoms with Crippen LogP contribution in [-0.2, 0) is 9.59 Å². The Morgan fingerprint density at radius 3 is 2.32 bits per heavy atom. The Balaban J connectivity index is 2.05. The second kappa shape index (κ2) is 8.99. The number of hydrogen-bond acceptors (Lipinski definition) is 3. The van der Waals surface area contributed by atoms with Gasteiger partial charge in [0.05, 0.1) is 6.54 Å². The third-order valence-corrected chi connectivity index (χ3v) is 4.25. The maximum Gasteiger partial charge on any atom is 0.320 e. The topological polar surface area (TPSA) is 78.4 Å². The summed E-state index contributed by atoms with van der Waals surface area (Å²) in [5.74, 6) is -1.26. The van der Waals surface area contributed by atoms with Crippen molar-refractivity contribution in [3.63, 3.8) is 0 Å². The molecule has 0 aromatic heterocycles.